The van der Waals surface area contributed by atoms with Gasteiger partial charge in [-0.05, 0) is 24.5 Å². The molecule has 0 spiro atoms. The number of anilines is 1. The molecular formula is C15H18N2O2. The maximum atomic E-state index is 12.3. The fourth-order valence-electron chi connectivity index (χ4n) is 2.77. The van der Waals surface area contributed by atoms with E-state index in [1.807, 2.05) is 18.2 Å². The molecule has 0 radical (unpaired) electrons. The number of rotatable bonds is 4. The molecule has 0 bridgehead atoms. The van der Waals surface area contributed by atoms with E-state index in [1.54, 1.807) is 12.1 Å². The van der Waals surface area contributed by atoms with Crippen LogP contribution >= 0.6 is 0 Å². The molecule has 0 aromatic heterocycles. The highest BCUT2D eigenvalue weighted by atomic mass is 16.2. The van der Waals surface area contributed by atoms with E-state index in [4.69, 9.17) is 0 Å². The zero-order valence-corrected chi connectivity index (χ0v) is 11.0. The van der Waals surface area contributed by atoms with Gasteiger partial charge in [-0.15, -0.1) is 0 Å². The molecule has 3 atom stereocenters. The van der Waals surface area contributed by atoms with Crippen molar-refractivity contribution in [1.82, 2.24) is 5.32 Å². The van der Waals surface area contributed by atoms with Gasteiger partial charge >= 0.3 is 0 Å². The minimum absolute atomic E-state index is 0.109. The van der Waals surface area contributed by atoms with E-state index in [2.05, 4.69) is 12.2 Å². The molecule has 2 amide bonds. The first-order chi connectivity index (χ1) is 9.20. The zero-order valence-electron chi connectivity index (χ0n) is 11.0. The van der Waals surface area contributed by atoms with Crippen LogP contribution in [0.2, 0.25) is 0 Å². The first-order valence-electron chi connectivity index (χ1n) is 6.88. The van der Waals surface area contributed by atoms with Crippen LogP contribution in [0.4, 0.5) is 5.69 Å². The van der Waals surface area contributed by atoms with Gasteiger partial charge < -0.3 is 5.32 Å². The lowest BCUT2D eigenvalue weighted by Gasteiger charge is -2.15. The van der Waals surface area contributed by atoms with Gasteiger partial charge in [0.2, 0.25) is 5.91 Å². The molecule has 1 aliphatic carbocycles. The highest BCUT2D eigenvalue weighted by Crippen LogP contribution is 2.34. The first kappa shape index (κ1) is 12.4. The zero-order chi connectivity index (χ0) is 13.4. The van der Waals surface area contributed by atoms with Crippen LogP contribution in [0.5, 0.6) is 0 Å². The van der Waals surface area contributed by atoms with Gasteiger partial charge in [-0.1, -0.05) is 31.5 Å². The van der Waals surface area contributed by atoms with E-state index in [1.165, 1.54) is 4.90 Å². The molecule has 4 nitrogen and oxygen atoms in total. The van der Waals surface area contributed by atoms with Crippen molar-refractivity contribution in [2.75, 3.05) is 4.90 Å². The van der Waals surface area contributed by atoms with Gasteiger partial charge in [0.15, 0.2) is 0 Å². The summed E-state index contributed by atoms with van der Waals surface area (Å²) in [7, 11) is 0. The van der Waals surface area contributed by atoms with Crippen LogP contribution < -0.4 is 10.2 Å². The van der Waals surface area contributed by atoms with Gasteiger partial charge in [-0.3, -0.25) is 9.59 Å². The van der Waals surface area contributed by atoms with Crippen molar-refractivity contribution < 1.29 is 9.59 Å². The molecule has 1 aromatic rings. The average molecular weight is 258 g/mol. The number of hydrogen-bond acceptors (Lipinski definition) is 3. The predicted molar refractivity (Wildman–Crippen MR) is 72.7 cm³/mol. The van der Waals surface area contributed by atoms with Crippen molar-refractivity contribution in [2.45, 2.75) is 38.3 Å². The van der Waals surface area contributed by atoms with Crippen molar-refractivity contribution in [1.29, 1.82) is 0 Å². The number of nitrogens with zero attached hydrogens (tertiary/aromatic N) is 1. The number of hydrogen-bond donors (Lipinski definition) is 1. The quantitative estimate of drug-likeness (QED) is 0.836. The third-order valence-corrected chi connectivity index (χ3v) is 4.02. The van der Waals surface area contributed by atoms with Crippen molar-refractivity contribution in [3.8, 4) is 0 Å². The molecule has 1 N–H and O–H groups in total. The van der Waals surface area contributed by atoms with Crippen LogP contribution in [0.25, 0.3) is 0 Å². The minimum atomic E-state index is -0.339. The van der Waals surface area contributed by atoms with Gasteiger partial charge in [0.25, 0.3) is 5.91 Å². The molecule has 1 aliphatic heterocycles. The maximum Gasteiger partial charge on any atom is 0.251 e. The fourth-order valence-corrected chi connectivity index (χ4v) is 2.77. The summed E-state index contributed by atoms with van der Waals surface area (Å²) in [5.41, 5.74) is 0.671. The number of benzene rings is 1. The summed E-state index contributed by atoms with van der Waals surface area (Å²) in [6.07, 6.45) is 2.54. The standard InChI is InChI=1S/C15H18N2O2/c1-2-10-8-12(10)16-13-9-14(18)17(15(13)19)11-6-4-3-5-7-11/h3-7,10,12-13,16H,2,8-9H2,1H3. The van der Waals surface area contributed by atoms with Crippen LogP contribution in [0.1, 0.15) is 26.2 Å². The van der Waals surface area contributed by atoms with Crippen molar-refractivity contribution >= 4 is 17.5 Å². The lowest BCUT2D eigenvalue weighted by Crippen LogP contribution is -2.40. The predicted octanol–water partition coefficient (Wildman–Crippen LogP) is 1.71. The Morgan fingerprint density at radius 2 is 2.00 bits per heavy atom. The summed E-state index contributed by atoms with van der Waals surface area (Å²) in [6.45, 7) is 2.16. The topological polar surface area (TPSA) is 49.4 Å². The molecule has 1 saturated carbocycles. The van der Waals surface area contributed by atoms with E-state index < -0.39 is 0 Å². The van der Waals surface area contributed by atoms with Crippen molar-refractivity contribution in [3.05, 3.63) is 30.3 Å². The lowest BCUT2D eigenvalue weighted by atomic mass is 10.2. The van der Waals surface area contributed by atoms with E-state index in [0.717, 1.165) is 12.8 Å². The molecule has 100 valence electrons. The second-order valence-electron chi connectivity index (χ2n) is 5.34. The fraction of sp³-hybridized carbons (Fsp3) is 0.467. The Morgan fingerprint density at radius 3 is 2.63 bits per heavy atom. The molecule has 2 aliphatic rings. The Hall–Kier alpha value is -1.68. The number of para-hydroxylation sites is 1. The van der Waals surface area contributed by atoms with Crippen LogP contribution in [0, 0.1) is 5.92 Å². The molecule has 19 heavy (non-hydrogen) atoms. The largest absolute Gasteiger partial charge is 0.302 e. The second kappa shape index (κ2) is 4.78. The summed E-state index contributed by atoms with van der Waals surface area (Å²) < 4.78 is 0. The Kier molecular flexibility index (Phi) is 3.11. The van der Waals surface area contributed by atoms with Gasteiger partial charge in [-0.2, -0.15) is 0 Å². The molecule has 3 unspecified atom stereocenters. The summed E-state index contributed by atoms with van der Waals surface area (Å²) in [4.78, 5) is 25.6. The van der Waals surface area contributed by atoms with Crippen LogP contribution in [-0.2, 0) is 9.59 Å². The van der Waals surface area contributed by atoms with Crippen molar-refractivity contribution in [3.63, 3.8) is 0 Å². The monoisotopic (exact) mass is 258 g/mol. The van der Waals surface area contributed by atoms with E-state index in [-0.39, 0.29) is 24.3 Å². The van der Waals surface area contributed by atoms with Gasteiger partial charge in [0, 0.05) is 6.04 Å². The molecule has 1 aromatic carbocycles. The van der Waals surface area contributed by atoms with Gasteiger partial charge in [0.1, 0.15) is 0 Å². The second-order valence-corrected chi connectivity index (χ2v) is 5.34. The maximum absolute atomic E-state index is 12.3. The summed E-state index contributed by atoms with van der Waals surface area (Å²) >= 11 is 0. The number of carbonyl (C=O) groups is 2. The Balaban J connectivity index is 1.71. The summed E-state index contributed by atoms with van der Waals surface area (Å²) in [5, 5.41) is 3.32. The minimum Gasteiger partial charge on any atom is -0.302 e. The number of carbonyl (C=O) groups excluding carboxylic acids is 2. The molecule has 1 saturated heterocycles. The smallest absolute Gasteiger partial charge is 0.251 e. The molecule has 4 heteroatoms. The Morgan fingerprint density at radius 1 is 1.26 bits per heavy atom. The normalized spacial score (nSPS) is 29.9. The van der Waals surface area contributed by atoms with Gasteiger partial charge in [-0.25, -0.2) is 4.90 Å². The molecule has 2 fully saturated rings. The Labute approximate surface area is 112 Å². The van der Waals surface area contributed by atoms with Crippen molar-refractivity contribution in [2.24, 2.45) is 5.92 Å². The molecular weight excluding hydrogens is 240 g/mol. The third kappa shape index (κ3) is 2.28. The third-order valence-electron chi connectivity index (χ3n) is 4.02. The number of imide groups is 1. The highest BCUT2D eigenvalue weighted by molar-refractivity contribution is 6.22. The Bertz CT molecular complexity index is 500. The molecule has 1 heterocycles. The molecule has 3 rings (SSSR count). The van der Waals surface area contributed by atoms with Crippen LogP contribution in [0.15, 0.2) is 30.3 Å². The van der Waals surface area contributed by atoms with Crippen LogP contribution in [0.3, 0.4) is 0 Å². The summed E-state index contributed by atoms with van der Waals surface area (Å²) in [6, 6.07) is 9.22. The van der Waals surface area contributed by atoms with E-state index in [9.17, 15) is 9.59 Å². The average Bonchev–Trinajstić information content (AvgIpc) is 3.11. The summed E-state index contributed by atoms with van der Waals surface area (Å²) in [5.74, 6) is 0.453. The van der Waals surface area contributed by atoms with E-state index in [0.29, 0.717) is 17.6 Å². The number of nitrogens with one attached hydrogen (secondary N) is 1. The van der Waals surface area contributed by atoms with E-state index >= 15 is 0 Å². The van der Waals surface area contributed by atoms with Crippen LogP contribution in [-0.4, -0.2) is 23.9 Å². The lowest BCUT2D eigenvalue weighted by molar-refractivity contribution is -0.121. The van der Waals surface area contributed by atoms with Gasteiger partial charge in [0.05, 0.1) is 18.2 Å². The highest BCUT2D eigenvalue weighted by Gasteiger charge is 2.44. The SMILES string of the molecule is CCC1CC1NC1CC(=O)N(c2ccccc2)C1=O. The number of amides is 2. The first-order valence-corrected chi connectivity index (χ1v) is 6.88.